The molecule has 1 amide bonds. The number of carbonyl (C=O) groups excluding carboxylic acids is 3. The molecule has 6 nitrogen and oxygen atoms in total. The van der Waals surface area contributed by atoms with Crippen LogP contribution in [0, 0.1) is 0 Å². The van der Waals surface area contributed by atoms with E-state index in [1.807, 2.05) is 6.29 Å². The molecule has 0 aromatic heterocycles. The lowest BCUT2D eigenvalue weighted by Crippen LogP contribution is -2.29. The molecule has 1 N–H and O–H groups in total. The van der Waals surface area contributed by atoms with Gasteiger partial charge in [0.25, 0.3) is 0 Å². The van der Waals surface area contributed by atoms with Gasteiger partial charge >= 0.3 is 6.09 Å². The van der Waals surface area contributed by atoms with Crippen molar-refractivity contribution in [3.05, 3.63) is 35.4 Å². The SMILES string of the molecule is CC(C)(C)OC(=O)NN=Cc1ccc(C(C)([C]=O)CC=O)cc1. The Bertz CT molecular complexity index is 588. The summed E-state index contributed by atoms with van der Waals surface area (Å²) in [4.78, 5) is 33.2. The molecule has 1 aromatic carbocycles. The number of aldehydes is 1. The molecule has 0 saturated carbocycles. The maximum atomic E-state index is 11.4. The zero-order valence-corrected chi connectivity index (χ0v) is 13.8. The summed E-state index contributed by atoms with van der Waals surface area (Å²) in [5.74, 6) is 0. The van der Waals surface area contributed by atoms with Crippen LogP contribution in [0.1, 0.15) is 45.2 Å². The number of hydrogen-bond donors (Lipinski definition) is 1. The van der Waals surface area contributed by atoms with E-state index in [2.05, 4.69) is 10.5 Å². The number of nitrogens with one attached hydrogen (secondary N) is 1. The molecular formula is C17H21N2O4. The summed E-state index contributed by atoms with van der Waals surface area (Å²) in [7, 11) is 0. The summed E-state index contributed by atoms with van der Waals surface area (Å²) in [5.41, 5.74) is 2.14. The number of hydrogen-bond acceptors (Lipinski definition) is 5. The molecule has 1 aromatic rings. The Labute approximate surface area is 135 Å². The third-order valence-electron chi connectivity index (χ3n) is 3.03. The smallest absolute Gasteiger partial charge is 0.428 e. The first-order valence-electron chi connectivity index (χ1n) is 7.16. The molecule has 0 aliphatic rings. The highest BCUT2D eigenvalue weighted by Crippen LogP contribution is 2.24. The van der Waals surface area contributed by atoms with E-state index < -0.39 is 17.1 Å². The molecule has 0 aliphatic heterocycles. The second-order valence-electron chi connectivity index (χ2n) is 6.30. The number of carbonyl (C=O) groups is 2. The predicted molar refractivity (Wildman–Crippen MR) is 87.1 cm³/mol. The number of rotatable bonds is 6. The summed E-state index contributed by atoms with van der Waals surface area (Å²) in [6, 6.07) is 6.92. The van der Waals surface area contributed by atoms with Crippen LogP contribution in [-0.2, 0) is 19.7 Å². The highest BCUT2D eigenvalue weighted by molar-refractivity contribution is 5.81. The maximum absolute atomic E-state index is 11.4. The molecule has 0 spiro atoms. The van der Waals surface area contributed by atoms with E-state index in [-0.39, 0.29) is 6.42 Å². The third kappa shape index (κ3) is 6.02. The number of ether oxygens (including phenoxy) is 1. The van der Waals surface area contributed by atoms with Crippen LogP contribution in [-0.4, -0.2) is 30.5 Å². The minimum Gasteiger partial charge on any atom is -0.443 e. The lowest BCUT2D eigenvalue weighted by Gasteiger charge is -2.19. The summed E-state index contributed by atoms with van der Waals surface area (Å²) < 4.78 is 5.04. The molecule has 23 heavy (non-hydrogen) atoms. The van der Waals surface area contributed by atoms with Crippen molar-refractivity contribution >= 4 is 24.9 Å². The molecule has 1 rings (SSSR count). The Morgan fingerprint density at radius 1 is 1.26 bits per heavy atom. The van der Waals surface area contributed by atoms with Crippen LogP contribution >= 0.6 is 0 Å². The quantitative estimate of drug-likeness (QED) is 0.496. The Morgan fingerprint density at radius 3 is 2.35 bits per heavy atom. The molecule has 1 unspecified atom stereocenters. The second-order valence-corrected chi connectivity index (χ2v) is 6.30. The van der Waals surface area contributed by atoms with Gasteiger partial charge in [-0.05, 0) is 38.8 Å². The zero-order valence-electron chi connectivity index (χ0n) is 13.8. The van der Waals surface area contributed by atoms with Crippen LogP contribution in [0.5, 0.6) is 0 Å². The van der Waals surface area contributed by atoms with E-state index in [9.17, 15) is 14.4 Å². The molecule has 6 heteroatoms. The van der Waals surface area contributed by atoms with E-state index >= 15 is 0 Å². The molecule has 123 valence electrons. The van der Waals surface area contributed by atoms with Crippen molar-refractivity contribution in [2.45, 2.75) is 45.1 Å². The maximum Gasteiger partial charge on any atom is 0.428 e. The summed E-state index contributed by atoms with van der Waals surface area (Å²) in [6.45, 7) is 6.93. The van der Waals surface area contributed by atoms with Crippen molar-refractivity contribution in [2.75, 3.05) is 0 Å². The summed E-state index contributed by atoms with van der Waals surface area (Å²) in [5, 5.41) is 3.79. The van der Waals surface area contributed by atoms with E-state index in [4.69, 9.17) is 4.74 Å². The predicted octanol–water partition coefficient (Wildman–Crippen LogP) is 2.50. The van der Waals surface area contributed by atoms with Gasteiger partial charge in [0.05, 0.1) is 11.6 Å². The first kappa shape index (κ1) is 18.5. The Kier molecular flexibility index (Phi) is 6.18. The van der Waals surface area contributed by atoms with E-state index in [1.54, 1.807) is 52.0 Å². The minimum absolute atomic E-state index is 0.0735. The first-order chi connectivity index (χ1) is 10.7. The monoisotopic (exact) mass is 317 g/mol. The molecule has 0 saturated heterocycles. The highest BCUT2D eigenvalue weighted by atomic mass is 16.6. The van der Waals surface area contributed by atoms with Crippen molar-refractivity contribution < 1.29 is 19.1 Å². The summed E-state index contributed by atoms with van der Waals surface area (Å²) >= 11 is 0. The fourth-order valence-electron chi connectivity index (χ4n) is 1.78. The van der Waals surface area contributed by atoms with E-state index in [1.165, 1.54) is 6.21 Å². The topological polar surface area (TPSA) is 84.8 Å². The fourth-order valence-corrected chi connectivity index (χ4v) is 1.78. The van der Waals surface area contributed by atoms with Gasteiger partial charge in [-0.1, -0.05) is 24.3 Å². The first-order valence-corrected chi connectivity index (χ1v) is 7.16. The average Bonchev–Trinajstić information content (AvgIpc) is 2.46. The van der Waals surface area contributed by atoms with Crippen molar-refractivity contribution in [1.29, 1.82) is 0 Å². The highest BCUT2D eigenvalue weighted by Gasteiger charge is 2.26. The van der Waals surface area contributed by atoms with Gasteiger partial charge in [0.15, 0.2) is 0 Å². The third-order valence-corrected chi connectivity index (χ3v) is 3.03. The molecule has 0 heterocycles. The molecule has 1 atom stereocenters. The van der Waals surface area contributed by atoms with Gasteiger partial charge in [-0.15, -0.1) is 0 Å². The Morgan fingerprint density at radius 2 is 1.87 bits per heavy atom. The number of nitrogens with zero attached hydrogens (tertiary/aromatic N) is 1. The van der Waals surface area contributed by atoms with Gasteiger partial charge in [0.2, 0.25) is 6.29 Å². The van der Waals surface area contributed by atoms with Crippen molar-refractivity contribution in [3.63, 3.8) is 0 Å². The average molecular weight is 317 g/mol. The summed E-state index contributed by atoms with van der Waals surface area (Å²) in [6.07, 6.45) is 3.49. The van der Waals surface area contributed by atoms with Crippen LogP contribution in [0.25, 0.3) is 0 Å². The largest absolute Gasteiger partial charge is 0.443 e. The number of benzene rings is 1. The van der Waals surface area contributed by atoms with E-state index in [0.717, 1.165) is 5.56 Å². The van der Waals surface area contributed by atoms with Crippen LogP contribution in [0.3, 0.4) is 0 Å². The van der Waals surface area contributed by atoms with Crippen LogP contribution in [0.15, 0.2) is 29.4 Å². The van der Waals surface area contributed by atoms with Crippen molar-refractivity contribution in [3.8, 4) is 0 Å². The van der Waals surface area contributed by atoms with Crippen LogP contribution in [0.2, 0.25) is 0 Å². The Hall–Kier alpha value is -2.50. The standard InChI is InChI=1S/C17H21N2O4/c1-16(2,3)23-15(22)19-18-11-13-5-7-14(8-6-13)17(4,12-21)9-10-20/h5-8,10-11H,9H2,1-4H3,(H,19,22). The van der Waals surface area contributed by atoms with Crippen molar-refractivity contribution in [2.24, 2.45) is 5.10 Å². The lowest BCUT2D eigenvalue weighted by molar-refractivity contribution is -0.108. The second kappa shape index (κ2) is 7.67. The van der Waals surface area contributed by atoms with E-state index in [0.29, 0.717) is 11.8 Å². The molecule has 1 radical (unpaired) electrons. The number of hydrazone groups is 1. The van der Waals surface area contributed by atoms with Crippen LogP contribution in [0.4, 0.5) is 4.79 Å². The van der Waals surface area contributed by atoms with Gasteiger partial charge in [-0.3, -0.25) is 4.79 Å². The van der Waals surface area contributed by atoms with Gasteiger partial charge in [-0.2, -0.15) is 5.10 Å². The minimum atomic E-state index is -0.952. The molecule has 0 fully saturated rings. The lowest BCUT2D eigenvalue weighted by atomic mass is 9.81. The van der Waals surface area contributed by atoms with Gasteiger partial charge in [0.1, 0.15) is 11.9 Å². The Balaban J connectivity index is 2.70. The molecular weight excluding hydrogens is 296 g/mol. The van der Waals surface area contributed by atoms with Gasteiger partial charge in [-0.25, -0.2) is 10.2 Å². The normalized spacial score (nSPS) is 14.1. The fraction of sp³-hybridized carbons (Fsp3) is 0.412. The van der Waals surface area contributed by atoms with Crippen molar-refractivity contribution in [1.82, 2.24) is 5.43 Å². The number of amides is 1. The van der Waals surface area contributed by atoms with Gasteiger partial charge < -0.3 is 9.53 Å². The van der Waals surface area contributed by atoms with Gasteiger partial charge in [0, 0.05) is 6.42 Å². The molecule has 0 bridgehead atoms. The molecule has 0 aliphatic carbocycles. The zero-order chi connectivity index (χ0) is 17.5. The van der Waals surface area contributed by atoms with Crippen LogP contribution < -0.4 is 5.43 Å².